The van der Waals surface area contributed by atoms with E-state index in [1.54, 1.807) is 90.9 Å². The number of aromatic hydroxyl groups is 1. The van der Waals surface area contributed by atoms with Crippen molar-refractivity contribution in [2.45, 2.75) is 155 Å². The Morgan fingerprint density at radius 3 is 1.88 bits per heavy atom. The maximum Gasteiger partial charge on any atom is 0.328 e. The molecule has 9 N–H and O–H groups in total. The Kier molecular flexibility index (Phi) is 26.5. The van der Waals surface area contributed by atoms with Crippen LogP contribution in [0.5, 0.6) is 5.75 Å². The Morgan fingerprint density at radius 1 is 0.727 bits per heavy atom. The van der Waals surface area contributed by atoms with E-state index in [1.165, 1.54) is 36.3 Å². The molecule has 0 radical (unpaired) electrons. The van der Waals surface area contributed by atoms with Gasteiger partial charge in [-0.2, -0.15) is 0 Å². The minimum absolute atomic E-state index is 0.0478. The van der Waals surface area contributed by atoms with Crippen LogP contribution in [0.2, 0.25) is 0 Å². The fourth-order valence-corrected chi connectivity index (χ4v) is 9.05. The van der Waals surface area contributed by atoms with Crippen LogP contribution >= 0.6 is 0 Å². The molecule has 1 heterocycles. The summed E-state index contributed by atoms with van der Waals surface area (Å²) in [6.07, 6.45) is -1.75. The number of ether oxygens (including phenoxy) is 2. The summed E-state index contributed by atoms with van der Waals surface area (Å²) in [4.78, 5) is 125. The van der Waals surface area contributed by atoms with Gasteiger partial charge >= 0.3 is 11.9 Å². The summed E-state index contributed by atoms with van der Waals surface area (Å²) in [5.74, 6) is -7.85. The summed E-state index contributed by atoms with van der Waals surface area (Å²) in [5.41, 5.74) is 1.25. The number of likely N-dealkylation sites (N-methyl/N-ethyl adjacent to an activating group) is 1. The first-order valence-corrected chi connectivity index (χ1v) is 26.4. The lowest BCUT2D eigenvalue weighted by molar-refractivity contribution is -0.165. The highest BCUT2D eigenvalue weighted by Crippen LogP contribution is 2.22. The van der Waals surface area contributed by atoms with Crippen LogP contribution in [0, 0.1) is 23.7 Å². The minimum atomic E-state index is -1.62. The van der Waals surface area contributed by atoms with Crippen LogP contribution in [-0.2, 0) is 65.5 Å². The van der Waals surface area contributed by atoms with Crippen molar-refractivity contribution in [2.24, 2.45) is 23.7 Å². The van der Waals surface area contributed by atoms with Crippen molar-refractivity contribution in [2.75, 3.05) is 40.9 Å². The molecule has 0 saturated carbocycles. The molecular formula is C55H84N8O14. The molecule has 22 nitrogen and oxygen atoms in total. The number of esters is 2. The normalized spacial score (nSPS) is 16.9. The van der Waals surface area contributed by atoms with Crippen LogP contribution in [0.25, 0.3) is 0 Å². The van der Waals surface area contributed by atoms with E-state index in [4.69, 9.17) is 9.47 Å². The van der Waals surface area contributed by atoms with E-state index < -0.39 is 139 Å². The number of carbonyl (C=O) groups excluding carboxylic acids is 9. The molecule has 22 heteroatoms. The Hall–Kier alpha value is -6.65. The van der Waals surface area contributed by atoms with Crippen molar-refractivity contribution in [3.63, 3.8) is 0 Å². The van der Waals surface area contributed by atoms with Gasteiger partial charge in [0, 0.05) is 19.4 Å². The summed E-state index contributed by atoms with van der Waals surface area (Å²) < 4.78 is 10.7. The molecule has 0 aromatic heterocycles. The third-order valence-electron chi connectivity index (χ3n) is 13.4. The number of methoxy groups -OCH3 is 1. The number of aliphatic hydroxyl groups is 2. The lowest BCUT2D eigenvalue weighted by Crippen LogP contribution is -2.59. The number of aliphatic hydroxyl groups excluding tert-OH is 2. The number of hydrogen-bond acceptors (Lipinski definition) is 15. The SMILES string of the molecule is CC[C@@H](C)[C@@H](C(=O)O[C@@H](C(=O)N[C@@H](Cc1ccc(O)cc1)C(=O)N[C@@H](CO)C(=O)N[C@@H](CC(C)C)[C@H](O)CC(=O)N[C@H](C(=O)NCC(=O)N[C@H](Cc1ccccc1)C(=O)N1CCC[C@H]1C(=O)OC)C(C)C)C(C)C)N(C)C. The van der Waals surface area contributed by atoms with Gasteiger partial charge in [-0.25, -0.2) is 4.79 Å². The maximum absolute atomic E-state index is 14.1. The van der Waals surface area contributed by atoms with Gasteiger partial charge in [-0.3, -0.25) is 43.3 Å². The average Bonchev–Trinajstić information content (AvgIpc) is 3.87. The second-order valence-corrected chi connectivity index (χ2v) is 21.1. The number of nitrogens with zero attached hydrogens (tertiary/aromatic N) is 2. The van der Waals surface area contributed by atoms with Crippen LogP contribution in [0.3, 0.4) is 0 Å². The van der Waals surface area contributed by atoms with Crippen LogP contribution in [0.1, 0.15) is 98.6 Å². The number of hydrogen-bond donors (Lipinski definition) is 9. The van der Waals surface area contributed by atoms with Crippen molar-refractivity contribution in [3.8, 4) is 5.75 Å². The maximum atomic E-state index is 14.1. The molecule has 10 atom stereocenters. The average molecular weight is 1080 g/mol. The van der Waals surface area contributed by atoms with Gasteiger partial charge in [0.2, 0.25) is 35.4 Å². The van der Waals surface area contributed by atoms with Crippen molar-refractivity contribution in [1.82, 2.24) is 41.7 Å². The van der Waals surface area contributed by atoms with E-state index in [2.05, 4.69) is 31.9 Å². The standard InChI is InChI=1S/C55H84N8O14/c1-12-34(8)47(62(9)10)55(75)77-48(33(6)7)52(72)59-39(26-36-20-22-37(65)23-21-36)49(69)60-41(30-64)50(70)58-38(25-31(2)3)43(66)28-44(67)61-46(32(4)5)51(71)56-29-45(68)57-40(27-35-17-14-13-15-18-35)53(73)63-24-16-19-42(63)54(74)76-11/h13-15,17-18,20-23,31-34,38-43,46-48,64-66H,12,16,19,24-30H2,1-11H3,(H,56,71)(H,57,68)(H,58,70)(H,59,72)(H,60,69)(H,61,67)/t34-,38+,39+,40-,41+,42+,43-,46+,47+,48-/m1/s1. The van der Waals surface area contributed by atoms with Gasteiger partial charge in [0.1, 0.15) is 42.0 Å². The molecule has 1 saturated heterocycles. The first-order chi connectivity index (χ1) is 36.3. The summed E-state index contributed by atoms with van der Waals surface area (Å²) >= 11 is 0. The van der Waals surface area contributed by atoms with E-state index in [0.29, 0.717) is 31.4 Å². The summed E-state index contributed by atoms with van der Waals surface area (Å²) in [6, 6.07) is 6.93. The Labute approximate surface area is 452 Å². The van der Waals surface area contributed by atoms with Crippen LogP contribution in [0.4, 0.5) is 0 Å². The molecule has 1 fully saturated rings. The summed E-state index contributed by atoms with van der Waals surface area (Å²) in [7, 11) is 4.70. The zero-order valence-corrected chi connectivity index (χ0v) is 46.5. The van der Waals surface area contributed by atoms with Gasteiger partial charge in [0.25, 0.3) is 5.91 Å². The number of likely N-dealkylation sites (tertiary alicyclic amines) is 1. The van der Waals surface area contributed by atoms with E-state index >= 15 is 0 Å². The zero-order valence-electron chi connectivity index (χ0n) is 46.5. The molecule has 7 amide bonds. The Balaban J connectivity index is 1.72. The number of benzene rings is 2. The van der Waals surface area contributed by atoms with E-state index in [9.17, 15) is 58.5 Å². The van der Waals surface area contributed by atoms with Gasteiger partial charge in [0.15, 0.2) is 6.10 Å². The third-order valence-corrected chi connectivity index (χ3v) is 13.4. The van der Waals surface area contributed by atoms with Crippen LogP contribution in [0.15, 0.2) is 54.6 Å². The molecule has 428 valence electrons. The highest BCUT2D eigenvalue weighted by atomic mass is 16.6. The van der Waals surface area contributed by atoms with Gasteiger partial charge in [-0.1, -0.05) is 104 Å². The van der Waals surface area contributed by atoms with E-state index in [-0.39, 0.29) is 36.8 Å². The molecule has 2 aromatic rings. The first-order valence-electron chi connectivity index (χ1n) is 26.4. The molecular weight excluding hydrogens is 997 g/mol. The molecule has 0 aliphatic carbocycles. The number of carbonyl (C=O) groups is 9. The van der Waals surface area contributed by atoms with Crippen LogP contribution in [-0.4, -0.2) is 174 Å². The third kappa shape index (κ3) is 20.3. The second-order valence-electron chi connectivity index (χ2n) is 21.1. The Bertz CT molecular complexity index is 2280. The molecule has 0 spiro atoms. The first kappa shape index (κ1) is 64.6. The lowest BCUT2D eigenvalue weighted by Gasteiger charge is -2.31. The monoisotopic (exact) mass is 1080 g/mol. The predicted octanol–water partition coefficient (Wildman–Crippen LogP) is 0.871. The number of nitrogens with one attached hydrogen (secondary N) is 6. The Morgan fingerprint density at radius 2 is 1.32 bits per heavy atom. The molecule has 2 aromatic carbocycles. The molecule has 77 heavy (non-hydrogen) atoms. The molecule has 1 aliphatic rings. The van der Waals surface area contributed by atoms with Crippen LogP contribution < -0.4 is 31.9 Å². The quantitative estimate of drug-likeness (QED) is 0.0491. The predicted molar refractivity (Wildman–Crippen MR) is 285 cm³/mol. The number of amides is 7. The fourth-order valence-electron chi connectivity index (χ4n) is 9.05. The van der Waals surface area contributed by atoms with Gasteiger partial charge in [-0.15, -0.1) is 0 Å². The molecule has 0 unspecified atom stereocenters. The number of phenolic OH excluding ortho intramolecular Hbond substituents is 1. The molecule has 0 bridgehead atoms. The summed E-state index contributed by atoms with van der Waals surface area (Å²) in [6.45, 7) is 12.9. The van der Waals surface area contributed by atoms with Gasteiger partial charge < -0.3 is 61.6 Å². The van der Waals surface area contributed by atoms with E-state index in [0.717, 1.165) is 5.56 Å². The van der Waals surface area contributed by atoms with Gasteiger partial charge in [-0.05, 0) is 80.3 Å². The largest absolute Gasteiger partial charge is 0.508 e. The van der Waals surface area contributed by atoms with Gasteiger partial charge in [0.05, 0.1) is 38.8 Å². The topological polar surface area (TPSA) is 311 Å². The molecule has 1 aliphatic heterocycles. The van der Waals surface area contributed by atoms with Crippen molar-refractivity contribution < 1.29 is 67.9 Å². The van der Waals surface area contributed by atoms with E-state index in [1.807, 2.05) is 13.8 Å². The second kappa shape index (κ2) is 31.5. The van der Waals surface area contributed by atoms with Crippen molar-refractivity contribution >= 4 is 53.3 Å². The van der Waals surface area contributed by atoms with Crippen molar-refractivity contribution in [1.29, 1.82) is 0 Å². The minimum Gasteiger partial charge on any atom is -0.508 e. The highest BCUT2D eigenvalue weighted by Gasteiger charge is 2.40. The summed E-state index contributed by atoms with van der Waals surface area (Å²) in [5, 5.41) is 47.4. The zero-order chi connectivity index (χ0) is 57.7. The number of phenols is 1. The lowest BCUT2D eigenvalue weighted by atomic mass is 9.96. The van der Waals surface area contributed by atoms with Crippen molar-refractivity contribution in [3.05, 3.63) is 65.7 Å². The molecule has 3 rings (SSSR count). The number of rotatable bonds is 30. The highest BCUT2D eigenvalue weighted by molar-refractivity contribution is 5.95. The fraction of sp³-hybridized carbons (Fsp3) is 0.618. The smallest absolute Gasteiger partial charge is 0.328 e.